The summed E-state index contributed by atoms with van der Waals surface area (Å²) in [5.74, 6) is -0.342. The maximum absolute atomic E-state index is 13.1. The molecule has 18 heavy (non-hydrogen) atoms. The van der Waals surface area contributed by atoms with Gasteiger partial charge in [-0.05, 0) is 43.9 Å². The van der Waals surface area contributed by atoms with Crippen LogP contribution in [0.15, 0.2) is 18.2 Å². The summed E-state index contributed by atoms with van der Waals surface area (Å²) in [5, 5.41) is 3.89. The van der Waals surface area contributed by atoms with Gasteiger partial charge in [0.2, 0.25) is 0 Å². The van der Waals surface area contributed by atoms with Gasteiger partial charge in [0.1, 0.15) is 5.82 Å². The van der Waals surface area contributed by atoms with Crippen LogP contribution < -0.4 is 10.2 Å². The molecular weight excluding hydrogens is 251 g/mol. The minimum atomic E-state index is -0.342. The molecule has 1 saturated heterocycles. The van der Waals surface area contributed by atoms with Crippen molar-refractivity contribution in [1.82, 2.24) is 5.32 Å². The van der Waals surface area contributed by atoms with Crippen molar-refractivity contribution in [2.24, 2.45) is 0 Å². The van der Waals surface area contributed by atoms with Crippen molar-refractivity contribution >= 4 is 17.3 Å². The molecule has 2 nitrogen and oxygen atoms in total. The van der Waals surface area contributed by atoms with Crippen LogP contribution in [0.1, 0.15) is 25.7 Å². The molecule has 4 heteroatoms. The third-order valence-electron chi connectivity index (χ3n) is 3.81. The average Bonchev–Trinajstić information content (AvgIpc) is 3.18. The number of nitrogens with one attached hydrogen (secondary N) is 1. The molecule has 1 aliphatic heterocycles. The van der Waals surface area contributed by atoms with Crippen LogP contribution in [0.4, 0.5) is 10.1 Å². The van der Waals surface area contributed by atoms with Gasteiger partial charge < -0.3 is 10.2 Å². The van der Waals surface area contributed by atoms with Crippen molar-refractivity contribution in [1.29, 1.82) is 0 Å². The second-order valence-corrected chi connectivity index (χ2v) is 5.71. The van der Waals surface area contributed by atoms with Crippen LogP contribution >= 0.6 is 11.6 Å². The lowest BCUT2D eigenvalue weighted by molar-refractivity contribution is 0.413. The Bertz CT molecular complexity index is 426. The van der Waals surface area contributed by atoms with Crippen LogP contribution in [0, 0.1) is 5.82 Å². The molecule has 2 aliphatic rings. The van der Waals surface area contributed by atoms with Crippen LogP contribution in [0.3, 0.4) is 0 Å². The Kier molecular flexibility index (Phi) is 3.44. The first-order chi connectivity index (χ1) is 8.72. The Morgan fingerprint density at radius 3 is 2.39 bits per heavy atom. The Morgan fingerprint density at radius 2 is 1.78 bits per heavy atom. The van der Waals surface area contributed by atoms with E-state index in [4.69, 9.17) is 11.6 Å². The SMILES string of the molecule is Fc1ccc(N2CCC(NC3CC3)CC2)cc1Cl. The Balaban J connectivity index is 1.59. The normalized spacial score (nSPS) is 21.3. The molecule has 1 aromatic rings. The third-order valence-corrected chi connectivity index (χ3v) is 4.10. The van der Waals surface area contributed by atoms with E-state index in [0.29, 0.717) is 6.04 Å². The molecule has 1 aromatic carbocycles. The lowest BCUT2D eigenvalue weighted by Gasteiger charge is -2.34. The molecule has 1 N–H and O–H groups in total. The zero-order valence-electron chi connectivity index (χ0n) is 10.3. The topological polar surface area (TPSA) is 15.3 Å². The highest BCUT2D eigenvalue weighted by Gasteiger charge is 2.27. The maximum Gasteiger partial charge on any atom is 0.141 e. The molecular formula is C14H18ClFN2. The smallest absolute Gasteiger partial charge is 0.141 e. The van der Waals surface area contributed by atoms with Gasteiger partial charge in [0.05, 0.1) is 5.02 Å². The molecule has 3 rings (SSSR count). The van der Waals surface area contributed by atoms with Crippen LogP contribution in [0.25, 0.3) is 0 Å². The Morgan fingerprint density at radius 1 is 1.11 bits per heavy atom. The number of rotatable bonds is 3. The summed E-state index contributed by atoms with van der Waals surface area (Å²) in [6, 6.07) is 6.43. The number of hydrogen-bond donors (Lipinski definition) is 1. The molecule has 0 atom stereocenters. The van der Waals surface area contributed by atoms with Crippen molar-refractivity contribution in [2.75, 3.05) is 18.0 Å². The fraction of sp³-hybridized carbons (Fsp3) is 0.571. The first-order valence-corrected chi connectivity index (χ1v) is 7.06. The molecule has 1 aliphatic carbocycles. The highest BCUT2D eigenvalue weighted by atomic mass is 35.5. The van der Waals surface area contributed by atoms with Gasteiger partial charge in [-0.1, -0.05) is 11.6 Å². The molecule has 0 unspecified atom stereocenters. The molecule has 0 amide bonds. The van der Waals surface area contributed by atoms with Crippen molar-refractivity contribution in [3.05, 3.63) is 29.0 Å². The fourth-order valence-electron chi connectivity index (χ4n) is 2.57. The predicted molar refractivity (Wildman–Crippen MR) is 72.8 cm³/mol. The molecule has 0 bridgehead atoms. The summed E-state index contributed by atoms with van der Waals surface area (Å²) in [6.07, 6.45) is 5.00. The van der Waals surface area contributed by atoms with E-state index < -0.39 is 0 Å². The lowest BCUT2D eigenvalue weighted by atomic mass is 10.0. The van der Waals surface area contributed by atoms with E-state index in [0.717, 1.165) is 37.7 Å². The van der Waals surface area contributed by atoms with E-state index >= 15 is 0 Å². The first kappa shape index (κ1) is 12.2. The number of hydrogen-bond acceptors (Lipinski definition) is 2. The van der Waals surface area contributed by atoms with Crippen LogP contribution in [-0.4, -0.2) is 25.2 Å². The van der Waals surface area contributed by atoms with E-state index in [-0.39, 0.29) is 10.8 Å². The molecule has 2 fully saturated rings. The highest BCUT2D eigenvalue weighted by Crippen LogP contribution is 2.27. The molecule has 0 radical (unpaired) electrons. The minimum absolute atomic E-state index is 0.214. The Labute approximate surface area is 112 Å². The highest BCUT2D eigenvalue weighted by molar-refractivity contribution is 6.31. The van der Waals surface area contributed by atoms with Gasteiger partial charge in [-0.15, -0.1) is 0 Å². The van der Waals surface area contributed by atoms with Gasteiger partial charge in [0.25, 0.3) is 0 Å². The summed E-state index contributed by atoms with van der Waals surface area (Å²) in [4.78, 5) is 2.29. The monoisotopic (exact) mass is 268 g/mol. The number of piperidine rings is 1. The maximum atomic E-state index is 13.1. The summed E-state index contributed by atoms with van der Waals surface area (Å²) < 4.78 is 13.1. The van der Waals surface area contributed by atoms with Gasteiger partial charge in [0, 0.05) is 30.9 Å². The predicted octanol–water partition coefficient (Wildman–Crippen LogP) is 3.20. The van der Waals surface area contributed by atoms with Crippen molar-refractivity contribution < 1.29 is 4.39 Å². The standard InChI is InChI=1S/C14H18ClFN2/c15-13-9-12(3-4-14(13)16)18-7-5-11(6-8-18)17-10-1-2-10/h3-4,9-11,17H,1-2,5-8H2. The van der Waals surface area contributed by atoms with Crippen molar-refractivity contribution in [3.63, 3.8) is 0 Å². The quantitative estimate of drug-likeness (QED) is 0.906. The van der Waals surface area contributed by atoms with Gasteiger partial charge in [-0.25, -0.2) is 4.39 Å². The average molecular weight is 269 g/mol. The van der Waals surface area contributed by atoms with E-state index in [2.05, 4.69) is 10.2 Å². The van der Waals surface area contributed by atoms with E-state index in [1.807, 2.05) is 6.07 Å². The number of benzene rings is 1. The second kappa shape index (κ2) is 5.06. The molecule has 1 saturated carbocycles. The van der Waals surface area contributed by atoms with Gasteiger partial charge >= 0.3 is 0 Å². The number of anilines is 1. The summed E-state index contributed by atoms with van der Waals surface area (Å²) >= 11 is 5.82. The van der Waals surface area contributed by atoms with Gasteiger partial charge in [-0.3, -0.25) is 0 Å². The summed E-state index contributed by atoms with van der Waals surface area (Å²) in [7, 11) is 0. The van der Waals surface area contributed by atoms with Crippen molar-refractivity contribution in [2.45, 2.75) is 37.8 Å². The summed E-state index contributed by atoms with van der Waals surface area (Å²) in [5.41, 5.74) is 1.03. The molecule has 0 aromatic heterocycles. The zero-order chi connectivity index (χ0) is 12.5. The number of nitrogens with zero attached hydrogens (tertiary/aromatic N) is 1. The van der Waals surface area contributed by atoms with E-state index in [9.17, 15) is 4.39 Å². The van der Waals surface area contributed by atoms with Crippen LogP contribution in [-0.2, 0) is 0 Å². The van der Waals surface area contributed by atoms with Crippen LogP contribution in [0.2, 0.25) is 5.02 Å². The second-order valence-electron chi connectivity index (χ2n) is 5.30. The Hall–Kier alpha value is -0.800. The van der Waals surface area contributed by atoms with Crippen molar-refractivity contribution in [3.8, 4) is 0 Å². The molecule has 0 spiro atoms. The number of halogens is 2. The van der Waals surface area contributed by atoms with Gasteiger partial charge in [-0.2, -0.15) is 0 Å². The van der Waals surface area contributed by atoms with E-state index in [1.165, 1.54) is 18.9 Å². The largest absolute Gasteiger partial charge is 0.371 e. The minimum Gasteiger partial charge on any atom is -0.371 e. The molecule has 1 heterocycles. The van der Waals surface area contributed by atoms with Crippen LogP contribution in [0.5, 0.6) is 0 Å². The van der Waals surface area contributed by atoms with Gasteiger partial charge in [0.15, 0.2) is 0 Å². The third kappa shape index (κ3) is 2.78. The molecule has 98 valence electrons. The summed E-state index contributed by atoms with van der Waals surface area (Å²) in [6.45, 7) is 2.04. The first-order valence-electron chi connectivity index (χ1n) is 6.68. The fourth-order valence-corrected chi connectivity index (χ4v) is 2.74. The lowest BCUT2D eigenvalue weighted by Crippen LogP contribution is -2.43. The van der Waals surface area contributed by atoms with E-state index in [1.54, 1.807) is 6.07 Å². The zero-order valence-corrected chi connectivity index (χ0v) is 11.1.